The third kappa shape index (κ3) is 6.35. The number of nitrogens with one attached hydrogen (secondary N) is 1. The molecule has 3 rings (SSSR count). The molecule has 2 aromatic rings. The minimum atomic E-state index is -3.65. The first-order chi connectivity index (χ1) is 15.3. The first-order valence-electron chi connectivity index (χ1n) is 10.1. The van der Waals surface area contributed by atoms with Gasteiger partial charge in [-0.15, -0.1) is 0 Å². The molecule has 0 spiro atoms. The zero-order valence-corrected chi connectivity index (χ0v) is 18.4. The monoisotopic (exact) mass is 465 g/mol. The molecule has 1 aliphatic heterocycles. The molecule has 0 aliphatic carbocycles. The summed E-state index contributed by atoms with van der Waals surface area (Å²) < 4.78 is 56.0. The lowest BCUT2D eigenvalue weighted by atomic mass is 10.2. The maximum atomic E-state index is 12.9. The molecule has 0 bridgehead atoms. The lowest BCUT2D eigenvalue weighted by Gasteiger charge is -2.33. The highest BCUT2D eigenvalue weighted by Crippen LogP contribution is 2.21. The summed E-state index contributed by atoms with van der Waals surface area (Å²) >= 11 is 0. The number of carbonyl (C=O) groups is 1. The summed E-state index contributed by atoms with van der Waals surface area (Å²) in [5.41, 5.74) is 0.970. The van der Waals surface area contributed by atoms with E-state index in [1.165, 1.54) is 52.9 Å². The number of benzene rings is 2. The van der Waals surface area contributed by atoms with Crippen LogP contribution in [0.3, 0.4) is 0 Å². The van der Waals surface area contributed by atoms with Crippen LogP contribution in [0.15, 0.2) is 59.5 Å². The lowest BCUT2D eigenvalue weighted by Crippen LogP contribution is -2.48. The highest BCUT2D eigenvalue weighted by atomic mass is 32.2. The van der Waals surface area contributed by atoms with E-state index in [-0.39, 0.29) is 10.6 Å². The summed E-state index contributed by atoms with van der Waals surface area (Å²) in [4.78, 5) is 14.6. The van der Waals surface area contributed by atoms with E-state index >= 15 is 0 Å². The van der Waals surface area contributed by atoms with Gasteiger partial charge in [-0.1, -0.05) is 25.1 Å². The van der Waals surface area contributed by atoms with E-state index in [4.69, 9.17) is 0 Å². The normalized spacial score (nSPS) is 15.9. The van der Waals surface area contributed by atoms with Crippen molar-refractivity contribution in [3.05, 3.63) is 60.2 Å². The number of piperazine rings is 1. The highest BCUT2D eigenvalue weighted by Gasteiger charge is 2.28. The molecule has 0 atom stereocenters. The lowest BCUT2D eigenvalue weighted by molar-refractivity contribution is -0.111. The van der Waals surface area contributed by atoms with E-state index in [9.17, 15) is 22.0 Å². The topological polar surface area (TPSA) is 79.0 Å². The molecule has 0 radical (unpaired) electrons. The number of anilines is 1. The number of ether oxygens (including phenoxy) is 1. The Morgan fingerprint density at radius 1 is 1.12 bits per heavy atom. The summed E-state index contributed by atoms with van der Waals surface area (Å²) in [5, 5.41) is 2.64. The molecule has 1 amide bonds. The fourth-order valence-electron chi connectivity index (χ4n) is 3.29. The first-order valence-corrected chi connectivity index (χ1v) is 11.6. The molecule has 1 N–H and O–H groups in total. The van der Waals surface area contributed by atoms with Crippen LogP contribution in [0.5, 0.6) is 5.75 Å². The number of likely N-dealkylation sites (N-methyl/N-ethyl adjacent to an activating group) is 1. The van der Waals surface area contributed by atoms with E-state index in [0.29, 0.717) is 37.4 Å². The summed E-state index contributed by atoms with van der Waals surface area (Å²) in [7, 11) is -3.65. The Bertz CT molecular complexity index is 1050. The summed E-state index contributed by atoms with van der Waals surface area (Å²) in [6, 6.07) is 11.9. The minimum absolute atomic E-state index is 0.0238. The number of rotatable bonds is 8. The largest absolute Gasteiger partial charge is 0.435 e. The van der Waals surface area contributed by atoms with E-state index in [0.717, 1.165) is 6.54 Å². The van der Waals surface area contributed by atoms with Gasteiger partial charge in [0.2, 0.25) is 15.9 Å². The molecule has 0 aromatic heterocycles. The maximum Gasteiger partial charge on any atom is 0.387 e. The second-order valence-corrected chi connectivity index (χ2v) is 9.07. The van der Waals surface area contributed by atoms with Crippen LogP contribution < -0.4 is 10.1 Å². The van der Waals surface area contributed by atoms with Gasteiger partial charge in [0.15, 0.2) is 0 Å². The molecule has 1 fully saturated rings. The number of carbonyl (C=O) groups excluding carboxylic acids is 1. The van der Waals surface area contributed by atoms with Gasteiger partial charge in [0.25, 0.3) is 0 Å². The van der Waals surface area contributed by atoms with Crippen molar-refractivity contribution in [3.8, 4) is 5.75 Å². The molecular formula is C22H25F2N3O4S. The Balaban J connectivity index is 1.62. The quantitative estimate of drug-likeness (QED) is 0.606. The standard InChI is InChI=1S/C22H25F2N3O4S/c1-2-26-12-14-27(15-13-26)32(29,30)20-5-3-4-18(16-20)25-21(28)11-8-17-6-9-19(10-7-17)31-22(23)24/h3-11,16,22H,2,12-15H2,1H3,(H,25,28)/b11-8+. The Morgan fingerprint density at radius 2 is 1.81 bits per heavy atom. The molecule has 172 valence electrons. The Morgan fingerprint density at radius 3 is 2.44 bits per heavy atom. The van der Waals surface area contributed by atoms with Crippen molar-refractivity contribution in [1.29, 1.82) is 0 Å². The Hall–Kier alpha value is -2.82. The molecule has 32 heavy (non-hydrogen) atoms. The average Bonchev–Trinajstić information content (AvgIpc) is 2.78. The van der Waals surface area contributed by atoms with Crippen LogP contribution >= 0.6 is 0 Å². The molecule has 2 aromatic carbocycles. The number of halogens is 2. The third-order valence-corrected chi connectivity index (χ3v) is 6.94. The SMILES string of the molecule is CCN1CCN(S(=O)(=O)c2cccc(NC(=O)/C=C/c3ccc(OC(F)F)cc3)c2)CC1. The van der Waals surface area contributed by atoms with E-state index in [1.807, 2.05) is 6.92 Å². The van der Waals surface area contributed by atoms with Crippen molar-refractivity contribution < 1.29 is 26.7 Å². The fourth-order valence-corrected chi connectivity index (χ4v) is 4.75. The minimum Gasteiger partial charge on any atom is -0.435 e. The number of alkyl halides is 2. The number of nitrogens with zero attached hydrogens (tertiary/aromatic N) is 2. The molecular weight excluding hydrogens is 440 g/mol. The number of sulfonamides is 1. The molecule has 1 saturated heterocycles. The van der Waals surface area contributed by atoms with Crippen LogP contribution in [-0.4, -0.2) is 62.9 Å². The molecule has 0 saturated carbocycles. The molecule has 1 heterocycles. The Labute approximate surface area is 186 Å². The smallest absolute Gasteiger partial charge is 0.387 e. The van der Waals surface area contributed by atoms with E-state index in [1.54, 1.807) is 12.1 Å². The van der Waals surface area contributed by atoms with Gasteiger partial charge in [-0.25, -0.2) is 8.42 Å². The molecule has 7 nitrogen and oxygen atoms in total. The van der Waals surface area contributed by atoms with Crippen LogP contribution in [0, 0.1) is 0 Å². The highest BCUT2D eigenvalue weighted by molar-refractivity contribution is 7.89. The van der Waals surface area contributed by atoms with Gasteiger partial charge in [0.1, 0.15) is 5.75 Å². The zero-order chi connectivity index (χ0) is 23.1. The van der Waals surface area contributed by atoms with Gasteiger partial charge in [-0.05, 0) is 48.5 Å². The zero-order valence-electron chi connectivity index (χ0n) is 17.6. The van der Waals surface area contributed by atoms with Crippen molar-refractivity contribution in [2.75, 3.05) is 38.0 Å². The summed E-state index contributed by atoms with van der Waals surface area (Å²) in [5.74, 6) is -0.431. The van der Waals surface area contributed by atoms with Gasteiger partial charge in [-0.3, -0.25) is 4.79 Å². The predicted octanol–water partition coefficient (Wildman–Crippen LogP) is 3.27. The van der Waals surface area contributed by atoms with Crippen LogP contribution in [0.25, 0.3) is 6.08 Å². The number of hydrogen-bond acceptors (Lipinski definition) is 5. The fraction of sp³-hybridized carbons (Fsp3) is 0.318. The van der Waals surface area contributed by atoms with Gasteiger partial charge in [0.05, 0.1) is 4.90 Å². The van der Waals surface area contributed by atoms with Crippen LogP contribution in [0.1, 0.15) is 12.5 Å². The van der Waals surface area contributed by atoms with Gasteiger partial charge < -0.3 is 15.0 Å². The van der Waals surface area contributed by atoms with Crippen LogP contribution in [-0.2, 0) is 14.8 Å². The maximum absolute atomic E-state index is 12.9. The molecule has 10 heteroatoms. The van der Waals surface area contributed by atoms with E-state index in [2.05, 4.69) is 15.0 Å². The summed E-state index contributed by atoms with van der Waals surface area (Å²) in [6.45, 7) is 2.26. The third-order valence-electron chi connectivity index (χ3n) is 5.05. The molecule has 0 unspecified atom stereocenters. The van der Waals surface area contributed by atoms with Crippen molar-refractivity contribution in [2.45, 2.75) is 18.4 Å². The average molecular weight is 466 g/mol. The predicted molar refractivity (Wildman–Crippen MR) is 118 cm³/mol. The van der Waals surface area contributed by atoms with Crippen LogP contribution in [0.2, 0.25) is 0 Å². The van der Waals surface area contributed by atoms with Crippen molar-refractivity contribution in [1.82, 2.24) is 9.21 Å². The second kappa shape index (κ2) is 10.7. The molecule has 1 aliphatic rings. The van der Waals surface area contributed by atoms with Crippen molar-refractivity contribution >= 4 is 27.7 Å². The van der Waals surface area contributed by atoms with Crippen molar-refractivity contribution in [2.24, 2.45) is 0 Å². The van der Waals surface area contributed by atoms with Crippen LogP contribution in [0.4, 0.5) is 14.5 Å². The summed E-state index contributed by atoms with van der Waals surface area (Å²) in [6.07, 6.45) is 2.78. The van der Waals surface area contributed by atoms with E-state index < -0.39 is 22.5 Å². The van der Waals surface area contributed by atoms with Crippen molar-refractivity contribution in [3.63, 3.8) is 0 Å². The van der Waals surface area contributed by atoms with Gasteiger partial charge in [0, 0.05) is 37.9 Å². The second-order valence-electron chi connectivity index (χ2n) is 7.14. The van der Waals surface area contributed by atoms with Gasteiger partial charge >= 0.3 is 6.61 Å². The van der Waals surface area contributed by atoms with Gasteiger partial charge in [-0.2, -0.15) is 13.1 Å². The number of amides is 1. The number of hydrogen-bond donors (Lipinski definition) is 1. The first kappa shape index (κ1) is 23.8. The Kier molecular flexibility index (Phi) is 7.94.